The van der Waals surface area contributed by atoms with E-state index in [9.17, 15) is 18.0 Å². The normalized spacial score (nSPS) is 15.9. The van der Waals surface area contributed by atoms with Crippen LogP contribution in [0.1, 0.15) is 116 Å². The average molecular weight is 541 g/mol. The molecule has 8 heteroatoms. The topological polar surface area (TPSA) is 92.3 Å². The van der Waals surface area contributed by atoms with E-state index in [0.29, 0.717) is 25.8 Å². The van der Waals surface area contributed by atoms with E-state index in [1.807, 2.05) is 0 Å². The summed E-state index contributed by atoms with van der Waals surface area (Å²) >= 11 is 6.16. The van der Waals surface area contributed by atoms with Gasteiger partial charge in [0.15, 0.2) is 0 Å². The van der Waals surface area contributed by atoms with E-state index in [1.165, 1.54) is 88.8 Å². The molecule has 0 aliphatic heterocycles. The van der Waals surface area contributed by atoms with Crippen LogP contribution in [0.5, 0.6) is 0 Å². The number of ketones is 1. The van der Waals surface area contributed by atoms with Crippen molar-refractivity contribution in [2.45, 2.75) is 121 Å². The van der Waals surface area contributed by atoms with Crippen LogP contribution in [0.15, 0.2) is 23.1 Å². The van der Waals surface area contributed by atoms with Crippen molar-refractivity contribution >= 4 is 39.0 Å². The Morgan fingerprint density at radius 1 is 0.917 bits per heavy atom. The summed E-state index contributed by atoms with van der Waals surface area (Å²) in [5.74, 6) is -1.19. The molecular weight excluding hydrogens is 496 g/mol. The van der Waals surface area contributed by atoms with Gasteiger partial charge in [-0.25, -0.2) is 13.1 Å². The molecule has 2 rings (SSSR count). The molecule has 0 aromatic heterocycles. The van der Waals surface area contributed by atoms with Gasteiger partial charge >= 0.3 is 0 Å². The van der Waals surface area contributed by atoms with Crippen molar-refractivity contribution in [3.63, 3.8) is 0 Å². The second-order valence-electron chi connectivity index (χ2n) is 10.0. The predicted molar refractivity (Wildman–Crippen MR) is 148 cm³/mol. The number of unbranched alkanes of at least 4 members (excludes halogenated alkanes) is 13. The van der Waals surface area contributed by atoms with Crippen molar-refractivity contribution in [2.75, 3.05) is 11.9 Å². The molecule has 6 nitrogen and oxygen atoms in total. The van der Waals surface area contributed by atoms with Crippen LogP contribution >= 0.6 is 11.6 Å². The van der Waals surface area contributed by atoms with Gasteiger partial charge in [-0.15, -0.1) is 0 Å². The van der Waals surface area contributed by atoms with Crippen LogP contribution in [0.4, 0.5) is 5.69 Å². The molecule has 1 aromatic carbocycles. The molecule has 0 saturated heterocycles. The van der Waals surface area contributed by atoms with E-state index in [-0.39, 0.29) is 21.4 Å². The molecule has 1 fully saturated rings. The van der Waals surface area contributed by atoms with Gasteiger partial charge in [0.05, 0.1) is 21.5 Å². The monoisotopic (exact) mass is 540 g/mol. The van der Waals surface area contributed by atoms with Crippen molar-refractivity contribution in [2.24, 2.45) is 5.92 Å². The SMILES string of the molecule is CCCCCCCCCCCCCCCCNS(=O)(=O)c1ccc(Cl)c(NC(=O)C2CCCC2=O)c1. The minimum Gasteiger partial charge on any atom is -0.324 e. The first kappa shape index (κ1) is 30.8. The number of nitrogens with one attached hydrogen (secondary N) is 2. The molecule has 1 aliphatic rings. The van der Waals surface area contributed by atoms with E-state index < -0.39 is 21.8 Å². The predicted octanol–water partition coefficient (Wildman–Crippen LogP) is 7.41. The van der Waals surface area contributed by atoms with Crippen molar-refractivity contribution < 1.29 is 18.0 Å². The second kappa shape index (κ2) is 17.1. The summed E-state index contributed by atoms with van der Waals surface area (Å²) in [5, 5.41) is 2.87. The number of carbonyl (C=O) groups is 2. The van der Waals surface area contributed by atoms with E-state index in [2.05, 4.69) is 17.0 Å². The fourth-order valence-corrected chi connectivity index (χ4v) is 5.95. The molecule has 2 N–H and O–H groups in total. The fraction of sp³-hybridized carbons (Fsp3) is 0.714. The van der Waals surface area contributed by atoms with E-state index >= 15 is 0 Å². The van der Waals surface area contributed by atoms with Crippen molar-refractivity contribution in [3.8, 4) is 0 Å². The molecule has 1 unspecified atom stereocenters. The lowest BCUT2D eigenvalue weighted by molar-refractivity contribution is -0.129. The minimum absolute atomic E-state index is 0.0466. The van der Waals surface area contributed by atoms with Gasteiger partial charge in [0.2, 0.25) is 15.9 Å². The van der Waals surface area contributed by atoms with Crippen LogP contribution in [0.25, 0.3) is 0 Å². The average Bonchev–Trinajstić information content (AvgIpc) is 3.28. The number of anilines is 1. The Bertz CT molecular complexity index is 920. The van der Waals surface area contributed by atoms with Crippen LogP contribution < -0.4 is 10.0 Å². The molecule has 1 aliphatic carbocycles. The zero-order valence-corrected chi connectivity index (χ0v) is 23.5. The summed E-state index contributed by atoms with van der Waals surface area (Å²) < 4.78 is 28.0. The van der Waals surface area contributed by atoms with E-state index in [1.54, 1.807) is 0 Å². The highest BCUT2D eigenvalue weighted by Gasteiger charge is 2.31. The largest absolute Gasteiger partial charge is 0.324 e. The third kappa shape index (κ3) is 11.3. The number of halogens is 1. The van der Waals surface area contributed by atoms with Crippen LogP contribution in [0, 0.1) is 5.92 Å². The maximum atomic E-state index is 12.7. The highest BCUT2D eigenvalue weighted by Crippen LogP contribution is 2.28. The quantitative estimate of drug-likeness (QED) is 0.141. The van der Waals surface area contributed by atoms with Gasteiger partial charge in [-0.1, -0.05) is 102 Å². The molecule has 0 radical (unpaired) electrons. The Kier molecular flexibility index (Phi) is 14.7. The molecule has 1 atom stereocenters. The first-order chi connectivity index (χ1) is 17.3. The van der Waals surface area contributed by atoms with Crippen molar-refractivity contribution in [1.82, 2.24) is 4.72 Å². The van der Waals surface area contributed by atoms with Gasteiger partial charge in [-0.05, 0) is 37.5 Å². The van der Waals surface area contributed by atoms with Crippen molar-refractivity contribution in [1.29, 1.82) is 0 Å². The number of benzene rings is 1. The maximum Gasteiger partial charge on any atom is 0.240 e. The van der Waals surface area contributed by atoms with Gasteiger partial charge in [-0.2, -0.15) is 0 Å². The Morgan fingerprint density at radius 2 is 1.47 bits per heavy atom. The second-order valence-corrected chi connectivity index (χ2v) is 12.2. The van der Waals surface area contributed by atoms with Crippen LogP contribution in [0.3, 0.4) is 0 Å². The zero-order chi connectivity index (χ0) is 26.2. The maximum absolute atomic E-state index is 12.7. The Morgan fingerprint density at radius 3 is 2.00 bits per heavy atom. The first-order valence-electron chi connectivity index (χ1n) is 14.0. The summed E-state index contributed by atoms with van der Waals surface area (Å²) in [6.45, 7) is 2.63. The van der Waals surface area contributed by atoms with Gasteiger partial charge in [0.25, 0.3) is 0 Å². The molecule has 0 heterocycles. The van der Waals surface area contributed by atoms with Crippen LogP contribution in [0.2, 0.25) is 5.02 Å². The standard InChI is InChI=1S/C28H45ClN2O4S/c1-2-3-4-5-6-7-8-9-10-11-12-13-14-15-21-30-36(34,35)23-19-20-25(29)26(22-23)31-28(33)24-17-16-18-27(24)32/h19-20,22,24,30H,2-18,21H2,1H3,(H,31,33). The molecular formula is C28H45ClN2O4S. The summed E-state index contributed by atoms with van der Waals surface area (Å²) in [4.78, 5) is 24.3. The number of Topliss-reactive ketones (excluding diaryl/α,β-unsaturated/α-hetero) is 1. The van der Waals surface area contributed by atoms with E-state index in [0.717, 1.165) is 19.3 Å². The lowest BCUT2D eigenvalue weighted by Gasteiger charge is -2.13. The highest BCUT2D eigenvalue weighted by atomic mass is 35.5. The number of rotatable bonds is 19. The molecule has 0 bridgehead atoms. The number of sulfonamides is 1. The fourth-order valence-electron chi connectivity index (χ4n) is 4.69. The molecule has 1 aromatic rings. The van der Waals surface area contributed by atoms with E-state index in [4.69, 9.17) is 11.6 Å². The van der Waals surface area contributed by atoms with Gasteiger partial charge < -0.3 is 5.32 Å². The third-order valence-electron chi connectivity index (χ3n) is 6.95. The molecule has 1 amide bonds. The number of hydrogen-bond acceptors (Lipinski definition) is 4. The van der Waals surface area contributed by atoms with Crippen molar-refractivity contribution in [3.05, 3.63) is 23.2 Å². The van der Waals surface area contributed by atoms with Gasteiger partial charge in [-0.3, -0.25) is 9.59 Å². The molecule has 36 heavy (non-hydrogen) atoms. The summed E-state index contributed by atoms with van der Waals surface area (Å²) in [7, 11) is -3.71. The molecule has 1 saturated carbocycles. The third-order valence-corrected chi connectivity index (χ3v) is 8.74. The summed E-state index contributed by atoms with van der Waals surface area (Å²) in [6.07, 6.45) is 19.1. The summed E-state index contributed by atoms with van der Waals surface area (Å²) in [5.41, 5.74) is 0.209. The number of carbonyl (C=O) groups excluding carboxylic acids is 2. The Labute approximate surface area is 223 Å². The van der Waals surface area contributed by atoms with Crippen LogP contribution in [-0.4, -0.2) is 26.7 Å². The molecule has 204 valence electrons. The zero-order valence-electron chi connectivity index (χ0n) is 22.0. The lowest BCUT2D eigenvalue weighted by atomic mass is 10.0. The lowest BCUT2D eigenvalue weighted by Crippen LogP contribution is -2.27. The number of amides is 1. The smallest absolute Gasteiger partial charge is 0.240 e. The van der Waals surface area contributed by atoms with Gasteiger partial charge in [0, 0.05) is 13.0 Å². The number of hydrogen-bond donors (Lipinski definition) is 2. The minimum atomic E-state index is -3.71. The van der Waals surface area contributed by atoms with Gasteiger partial charge in [0.1, 0.15) is 5.78 Å². The highest BCUT2D eigenvalue weighted by molar-refractivity contribution is 7.89. The molecule has 0 spiro atoms. The summed E-state index contributed by atoms with van der Waals surface area (Å²) in [6, 6.07) is 4.23. The van der Waals surface area contributed by atoms with Crippen LogP contribution in [-0.2, 0) is 19.6 Å². The first-order valence-corrected chi connectivity index (χ1v) is 15.8. The Hall–Kier alpha value is -1.44. The Balaban J connectivity index is 1.60.